The van der Waals surface area contributed by atoms with E-state index in [1.165, 1.54) is 0 Å². The highest BCUT2D eigenvalue weighted by Gasteiger charge is 2.35. The van der Waals surface area contributed by atoms with E-state index in [9.17, 15) is 13.2 Å². The molecule has 0 aromatic carbocycles. The first-order chi connectivity index (χ1) is 12.1. The van der Waals surface area contributed by atoms with Crippen LogP contribution >= 0.6 is 0 Å². The number of aromatic nitrogens is 4. The molecular weight excluding hydrogens is 345 g/mol. The molecule has 0 spiro atoms. The molecule has 3 heterocycles. The highest BCUT2D eigenvalue weighted by molar-refractivity contribution is 5.48. The van der Waals surface area contributed by atoms with Crippen molar-refractivity contribution in [1.82, 2.24) is 20.2 Å². The van der Waals surface area contributed by atoms with Crippen LogP contribution in [0, 0.1) is 0 Å². The van der Waals surface area contributed by atoms with Crippen molar-refractivity contribution in [2.75, 3.05) is 29.9 Å². The summed E-state index contributed by atoms with van der Waals surface area (Å²) in [5.74, 6) is 1.02. The number of hydrogen-bond acceptors (Lipinski definition) is 6. The fraction of sp³-hybridized carbons (Fsp3) is 0.529. The Morgan fingerprint density at radius 2 is 1.73 bits per heavy atom. The van der Waals surface area contributed by atoms with E-state index < -0.39 is 11.9 Å². The fourth-order valence-corrected chi connectivity index (χ4v) is 2.66. The van der Waals surface area contributed by atoms with Gasteiger partial charge in [0.25, 0.3) is 0 Å². The van der Waals surface area contributed by atoms with Crippen LogP contribution in [0.3, 0.4) is 0 Å². The van der Waals surface area contributed by atoms with Crippen molar-refractivity contribution in [2.24, 2.45) is 0 Å². The highest BCUT2D eigenvalue weighted by atomic mass is 19.4. The number of rotatable bonds is 3. The molecule has 2 aromatic heterocycles. The minimum absolute atomic E-state index is 0.0510. The molecule has 0 unspecified atom stereocenters. The minimum atomic E-state index is -4.48. The topological polar surface area (TPSA) is 58.0 Å². The molecule has 9 heteroatoms. The first kappa shape index (κ1) is 18.3. The Morgan fingerprint density at radius 3 is 2.27 bits per heavy atom. The molecule has 140 valence electrons. The van der Waals surface area contributed by atoms with Crippen LogP contribution in [-0.2, 0) is 11.6 Å². The van der Waals surface area contributed by atoms with Gasteiger partial charge in [0, 0.05) is 31.6 Å². The normalized spacial score (nSPS) is 15.7. The SMILES string of the molecule is CN(c1cc(C(F)(F)F)ncn1)C1CN(c2ccc(C(C)(C)C)nn2)C1. The van der Waals surface area contributed by atoms with E-state index >= 15 is 0 Å². The molecule has 1 aliphatic heterocycles. The van der Waals surface area contributed by atoms with Crippen LogP contribution < -0.4 is 9.80 Å². The summed E-state index contributed by atoms with van der Waals surface area (Å²) in [5, 5.41) is 8.53. The summed E-state index contributed by atoms with van der Waals surface area (Å²) >= 11 is 0. The van der Waals surface area contributed by atoms with Gasteiger partial charge in [-0.2, -0.15) is 18.3 Å². The fourth-order valence-electron chi connectivity index (χ4n) is 2.66. The third-order valence-corrected chi connectivity index (χ3v) is 4.46. The van der Waals surface area contributed by atoms with E-state index in [2.05, 4.69) is 40.9 Å². The Kier molecular flexibility index (Phi) is 4.49. The zero-order chi connectivity index (χ0) is 19.1. The molecule has 1 fully saturated rings. The third kappa shape index (κ3) is 3.71. The number of nitrogens with zero attached hydrogens (tertiary/aromatic N) is 6. The van der Waals surface area contributed by atoms with Gasteiger partial charge in [-0.1, -0.05) is 20.8 Å². The summed E-state index contributed by atoms with van der Waals surface area (Å²) in [6.07, 6.45) is -3.53. The lowest BCUT2D eigenvalue weighted by Gasteiger charge is -2.44. The van der Waals surface area contributed by atoms with Gasteiger partial charge in [-0.25, -0.2) is 9.97 Å². The van der Waals surface area contributed by atoms with Crippen molar-refractivity contribution in [3.8, 4) is 0 Å². The van der Waals surface area contributed by atoms with Crippen LogP contribution in [0.2, 0.25) is 0 Å². The van der Waals surface area contributed by atoms with Gasteiger partial charge in [-0.3, -0.25) is 0 Å². The van der Waals surface area contributed by atoms with Crippen molar-refractivity contribution in [3.63, 3.8) is 0 Å². The van der Waals surface area contributed by atoms with Crippen molar-refractivity contribution in [1.29, 1.82) is 0 Å². The summed E-state index contributed by atoms with van der Waals surface area (Å²) in [5.41, 5.74) is -0.0860. The lowest BCUT2D eigenvalue weighted by Crippen LogP contribution is -2.59. The number of alkyl halides is 3. The van der Waals surface area contributed by atoms with Gasteiger partial charge in [0.05, 0.1) is 11.7 Å². The maximum absolute atomic E-state index is 12.8. The van der Waals surface area contributed by atoms with E-state index in [1.807, 2.05) is 17.0 Å². The Hall–Kier alpha value is -2.45. The molecule has 6 nitrogen and oxygen atoms in total. The molecule has 0 saturated carbocycles. The molecule has 0 radical (unpaired) electrons. The summed E-state index contributed by atoms with van der Waals surface area (Å²) in [6, 6.07) is 4.91. The summed E-state index contributed by atoms with van der Waals surface area (Å²) in [4.78, 5) is 11.0. The Bertz CT molecular complexity index is 763. The molecule has 0 amide bonds. The average Bonchev–Trinajstić information content (AvgIpc) is 2.52. The molecule has 1 aliphatic rings. The first-order valence-corrected chi connectivity index (χ1v) is 8.27. The van der Waals surface area contributed by atoms with E-state index in [-0.39, 0.29) is 17.3 Å². The van der Waals surface area contributed by atoms with E-state index in [4.69, 9.17) is 0 Å². The Morgan fingerprint density at radius 1 is 1.04 bits per heavy atom. The maximum atomic E-state index is 12.8. The second kappa shape index (κ2) is 6.37. The van der Waals surface area contributed by atoms with Gasteiger partial charge in [0.15, 0.2) is 5.82 Å². The molecule has 2 aromatic rings. The quantitative estimate of drug-likeness (QED) is 0.833. The zero-order valence-corrected chi connectivity index (χ0v) is 15.1. The summed E-state index contributed by atoms with van der Waals surface area (Å²) < 4.78 is 38.4. The van der Waals surface area contributed by atoms with Crippen LogP contribution in [0.4, 0.5) is 24.8 Å². The zero-order valence-electron chi connectivity index (χ0n) is 15.1. The molecule has 26 heavy (non-hydrogen) atoms. The second-order valence-electron chi connectivity index (χ2n) is 7.46. The Labute approximate surface area is 150 Å². The number of likely N-dealkylation sites (N-methyl/N-ethyl adjacent to an activating group) is 1. The summed E-state index contributed by atoms with van der Waals surface area (Å²) in [7, 11) is 1.73. The molecule has 0 atom stereocenters. The largest absolute Gasteiger partial charge is 0.433 e. The van der Waals surface area contributed by atoms with Crippen molar-refractivity contribution < 1.29 is 13.2 Å². The first-order valence-electron chi connectivity index (χ1n) is 8.27. The molecule has 3 rings (SSSR count). The van der Waals surface area contributed by atoms with Crippen LogP contribution in [-0.4, -0.2) is 46.3 Å². The molecular formula is C17H21F3N6. The van der Waals surface area contributed by atoms with Crippen molar-refractivity contribution in [2.45, 2.75) is 38.4 Å². The number of halogens is 3. The molecule has 0 N–H and O–H groups in total. The van der Waals surface area contributed by atoms with Gasteiger partial charge in [-0.15, -0.1) is 5.10 Å². The predicted molar refractivity (Wildman–Crippen MR) is 92.2 cm³/mol. The molecule has 0 aliphatic carbocycles. The summed E-state index contributed by atoms with van der Waals surface area (Å²) in [6.45, 7) is 7.50. The molecule has 1 saturated heterocycles. The van der Waals surface area contributed by atoms with Gasteiger partial charge in [0.2, 0.25) is 0 Å². The van der Waals surface area contributed by atoms with Gasteiger partial charge >= 0.3 is 6.18 Å². The lowest BCUT2D eigenvalue weighted by molar-refractivity contribution is -0.141. The minimum Gasteiger partial charge on any atom is -0.353 e. The van der Waals surface area contributed by atoms with Crippen LogP contribution in [0.5, 0.6) is 0 Å². The highest BCUT2D eigenvalue weighted by Crippen LogP contribution is 2.30. The standard InChI is InChI=1S/C17H21F3N6/c1-16(2,3)12-5-6-14(24-23-12)26-8-11(9-26)25(4)15-7-13(17(18,19)20)21-10-22-15/h5-7,10-11H,8-9H2,1-4H3. The van der Waals surface area contributed by atoms with Crippen molar-refractivity contribution in [3.05, 3.63) is 35.9 Å². The monoisotopic (exact) mass is 366 g/mol. The third-order valence-electron chi connectivity index (χ3n) is 4.46. The van der Waals surface area contributed by atoms with Crippen molar-refractivity contribution >= 4 is 11.6 Å². The van der Waals surface area contributed by atoms with Gasteiger partial charge in [-0.05, 0) is 12.1 Å². The van der Waals surface area contributed by atoms with E-state index in [0.717, 1.165) is 23.9 Å². The smallest absolute Gasteiger partial charge is 0.353 e. The second-order valence-corrected chi connectivity index (χ2v) is 7.46. The van der Waals surface area contributed by atoms with E-state index in [1.54, 1.807) is 11.9 Å². The van der Waals surface area contributed by atoms with Gasteiger partial charge in [0.1, 0.15) is 17.8 Å². The van der Waals surface area contributed by atoms with Crippen LogP contribution in [0.25, 0.3) is 0 Å². The molecule has 0 bridgehead atoms. The predicted octanol–water partition coefficient (Wildman–Crippen LogP) is 2.91. The average molecular weight is 366 g/mol. The number of anilines is 2. The van der Waals surface area contributed by atoms with Crippen LogP contribution in [0.1, 0.15) is 32.2 Å². The maximum Gasteiger partial charge on any atom is 0.433 e. The van der Waals surface area contributed by atoms with Crippen LogP contribution in [0.15, 0.2) is 24.5 Å². The number of hydrogen-bond donors (Lipinski definition) is 0. The lowest BCUT2D eigenvalue weighted by atomic mass is 9.92. The van der Waals surface area contributed by atoms with E-state index in [0.29, 0.717) is 13.1 Å². The Balaban J connectivity index is 1.64. The van der Waals surface area contributed by atoms with Gasteiger partial charge < -0.3 is 9.80 Å².